The maximum atomic E-state index is 14.2. The van der Waals surface area contributed by atoms with Crippen LogP contribution in [-0.2, 0) is 0 Å². The van der Waals surface area contributed by atoms with Gasteiger partial charge in [-0.2, -0.15) is 0 Å². The molecule has 0 fully saturated rings. The van der Waals surface area contributed by atoms with E-state index in [-0.39, 0.29) is 11.7 Å². The summed E-state index contributed by atoms with van der Waals surface area (Å²) in [7, 11) is 0. The molecule has 1 heterocycles. The molecule has 8 nitrogen and oxygen atoms in total. The van der Waals surface area contributed by atoms with Gasteiger partial charge in [0.25, 0.3) is 0 Å². The number of nitrogens with one attached hydrogen (secondary N) is 3. The number of carbonyl (C=O) groups excluding carboxylic acids is 1. The molecule has 10 heteroatoms. The van der Waals surface area contributed by atoms with Crippen LogP contribution in [0.15, 0.2) is 41.1 Å². The Bertz CT molecular complexity index is 1050. The van der Waals surface area contributed by atoms with E-state index in [1.165, 1.54) is 12.4 Å². The van der Waals surface area contributed by atoms with Gasteiger partial charge < -0.3 is 26.4 Å². The zero-order chi connectivity index (χ0) is 21.5. The van der Waals surface area contributed by atoms with E-state index in [9.17, 15) is 9.18 Å². The fourth-order valence-electron chi connectivity index (χ4n) is 2.72. The number of benzene rings is 2. The number of nitrogens with two attached hydrogens (primary N) is 1. The second-order valence-corrected chi connectivity index (χ2v) is 7.28. The second-order valence-electron chi connectivity index (χ2n) is 6.37. The summed E-state index contributed by atoms with van der Waals surface area (Å²) in [6, 6.07) is 7.91. The maximum Gasteiger partial charge on any atom is 0.314 e. The predicted octanol–water partition coefficient (Wildman–Crippen LogP) is 3.95. The van der Waals surface area contributed by atoms with Gasteiger partial charge in [0.2, 0.25) is 0 Å². The van der Waals surface area contributed by atoms with Crippen molar-refractivity contribution >= 4 is 50.1 Å². The third-order valence-electron chi connectivity index (χ3n) is 4.15. The van der Waals surface area contributed by atoms with Crippen molar-refractivity contribution in [1.82, 2.24) is 20.6 Å². The van der Waals surface area contributed by atoms with Gasteiger partial charge in [-0.3, -0.25) is 0 Å². The number of rotatable bonds is 8. The Labute approximate surface area is 181 Å². The molecule has 2 aromatic carbocycles. The standard InChI is InChI=1S/C20H22BrFN6O2/c1-2-24-20(29)25-6-3-7-30-18-10-17-13(9-15(18)23)19(27-11-26-17)28-16-5-4-12(21)8-14(16)22/h4-5,8-11H,2-3,6-7,23H2,1H3,(H2,24,25,29)(H,26,27,28). The van der Waals surface area contributed by atoms with Crippen LogP contribution in [0, 0.1) is 5.82 Å². The molecule has 1 aromatic heterocycles. The average Bonchev–Trinajstić information content (AvgIpc) is 2.71. The van der Waals surface area contributed by atoms with Crippen LogP contribution < -0.4 is 26.4 Å². The minimum atomic E-state index is -0.412. The first-order valence-electron chi connectivity index (χ1n) is 9.38. The maximum absolute atomic E-state index is 14.2. The number of urea groups is 1. The molecule has 2 amide bonds. The van der Waals surface area contributed by atoms with Crippen LogP contribution in [0.25, 0.3) is 10.9 Å². The topological polar surface area (TPSA) is 114 Å². The monoisotopic (exact) mass is 476 g/mol. The normalized spacial score (nSPS) is 10.6. The third-order valence-corrected chi connectivity index (χ3v) is 4.65. The summed E-state index contributed by atoms with van der Waals surface area (Å²) in [6.07, 6.45) is 2.01. The number of hydrogen-bond acceptors (Lipinski definition) is 6. The number of hydrogen-bond donors (Lipinski definition) is 4. The lowest BCUT2D eigenvalue weighted by Crippen LogP contribution is -2.36. The van der Waals surface area contributed by atoms with Crippen LogP contribution in [0.2, 0.25) is 0 Å². The summed E-state index contributed by atoms with van der Waals surface area (Å²) in [5.41, 5.74) is 7.44. The van der Waals surface area contributed by atoms with Crippen LogP contribution in [0.3, 0.4) is 0 Å². The van der Waals surface area contributed by atoms with Crippen molar-refractivity contribution in [2.45, 2.75) is 13.3 Å². The molecule has 158 valence electrons. The minimum absolute atomic E-state index is 0.207. The Morgan fingerprint density at radius 2 is 2.07 bits per heavy atom. The van der Waals surface area contributed by atoms with E-state index < -0.39 is 5.82 Å². The number of anilines is 3. The predicted molar refractivity (Wildman–Crippen MR) is 119 cm³/mol. The van der Waals surface area contributed by atoms with E-state index in [4.69, 9.17) is 10.5 Å². The number of carbonyl (C=O) groups is 1. The first-order valence-corrected chi connectivity index (χ1v) is 10.2. The highest BCUT2D eigenvalue weighted by Crippen LogP contribution is 2.32. The second kappa shape index (κ2) is 10.1. The van der Waals surface area contributed by atoms with Gasteiger partial charge >= 0.3 is 6.03 Å². The van der Waals surface area contributed by atoms with Gasteiger partial charge in [-0.25, -0.2) is 19.2 Å². The van der Waals surface area contributed by atoms with E-state index in [1.807, 2.05) is 6.92 Å². The van der Waals surface area contributed by atoms with Crippen LogP contribution in [0.1, 0.15) is 13.3 Å². The number of fused-ring (bicyclic) bond motifs is 1. The van der Waals surface area contributed by atoms with Crippen molar-refractivity contribution in [3.05, 3.63) is 46.9 Å². The summed E-state index contributed by atoms with van der Waals surface area (Å²) in [6.45, 7) is 3.28. The number of aromatic nitrogens is 2. The van der Waals surface area contributed by atoms with Crippen molar-refractivity contribution in [1.29, 1.82) is 0 Å². The van der Waals surface area contributed by atoms with Crippen LogP contribution >= 0.6 is 15.9 Å². The van der Waals surface area contributed by atoms with Crippen molar-refractivity contribution in [3.8, 4) is 5.75 Å². The van der Waals surface area contributed by atoms with Crippen molar-refractivity contribution in [2.24, 2.45) is 0 Å². The molecule has 0 radical (unpaired) electrons. The molecule has 30 heavy (non-hydrogen) atoms. The van der Waals surface area contributed by atoms with Gasteiger partial charge in [-0.05, 0) is 37.6 Å². The van der Waals surface area contributed by atoms with Gasteiger partial charge in [0.05, 0.1) is 23.5 Å². The summed E-state index contributed by atoms with van der Waals surface area (Å²) in [5.74, 6) is 0.510. The van der Waals surface area contributed by atoms with Crippen LogP contribution in [0.4, 0.5) is 26.4 Å². The molecule has 0 aliphatic heterocycles. The zero-order valence-electron chi connectivity index (χ0n) is 16.3. The van der Waals surface area contributed by atoms with Crippen molar-refractivity contribution in [3.63, 3.8) is 0 Å². The Morgan fingerprint density at radius 1 is 1.23 bits per heavy atom. The molecule has 3 rings (SSSR count). The highest BCUT2D eigenvalue weighted by molar-refractivity contribution is 9.10. The van der Waals surface area contributed by atoms with Gasteiger partial charge in [-0.15, -0.1) is 0 Å². The minimum Gasteiger partial charge on any atom is -0.491 e. The Morgan fingerprint density at radius 3 is 2.83 bits per heavy atom. The molecular formula is C20H22BrFN6O2. The lowest BCUT2D eigenvalue weighted by molar-refractivity contribution is 0.239. The molecule has 0 saturated carbocycles. The Kier molecular flexibility index (Phi) is 7.23. The SMILES string of the molecule is CCNC(=O)NCCCOc1cc2ncnc(Nc3ccc(Br)cc3F)c2cc1N. The van der Waals surface area contributed by atoms with E-state index in [2.05, 4.69) is 41.8 Å². The van der Waals surface area contributed by atoms with E-state index in [0.717, 1.165) is 0 Å². The van der Waals surface area contributed by atoms with Gasteiger partial charge in [0.1, 0.15) is 23.7 Å². The number of nitrogen functional groups attached to an aromatic ring is 1. The van der Waals surface area contributed by atoms with Gasteiger partial charge in [0.15, 0.2) is 0 Å². The first-order chi connectivity index (χ1) is 14.5. The smallest absolute Gasteiger partial charge is 0.314 e. The van der Waals surface area contributed by atoms with Crippen LogP contribution in [-0.4, -0.2) is 35.7 Å². The van der Waals surface area contributed by atoms with Crippen molar-refractivity contribution in [2.75, 3.05) is 30.7 Å². The highest BCUT2D eigenvalue weighted by atomic mass is 79.9. The zero-order valence-corrected chi connectivity index (χ0v) is 17.9. The van der Waals surface area contributed by atoms with Gasteiger partial charge in [-0.1, -0.05) is 15.9 Å². The van der Waals surface area contributed by atoms with E-state index in [1.54, 1.807) is 24.3 Å². The molecule has 0 saturated heterocycles. The molecule has 0 aliphatic rings. The quantitative estimate of drug-likeness (QED) is 0.289. The molecule has 5 N–H and O–H groups in total. The number of halogens is 2. The molecule has 0 aliphatic carbocycles. The average molecular weight is 477 g/mol. The molecule has 0 bridgehead atoms. The summed E-state index contributed by atoms with van der Waals surface area (Å²) >= 11 is 3.24. The first kappa shape index (κ1) is 21.6. The van der Waals surface area contributed by atoms with Crippen LogP contribution in [0.5, 0.6) is 5.75 Å². The fraction of sp³-hybridized carbons (Fsp3) is 0.250. The Hall–Kier alpha value is -3.14. The molecule has 3 aromatic rings. The number of amides is 2. The Balaban J connectivity index is 1.69. The molecule has 0 atom stereocenters. The van der Waals surface area contributed by atoms with E-state index in [0.29, 0.717) is 58.7 Å². The van der Waals surface area contributed by atoms with Crippen molar-refractivity contribution < 1.29 is 13.9 Å². The number of ether oxygens (including phenoxy) is 1. The molecule has 0 unspecified atom stereocenters. The molecular weight excluding hydrogens is 455 g/mol. The lowest BCUT2D eigenvalue weighted by atomic mass is 10.2. The summed E-state index contributed by atoms with van der Waals surface area (Å²) in [4.78, 5) is 19.8. The number of nitrogens with zero attached hydrogens (tertiary/aromatic N) is 2. The summed E-state index contributed by atoms with van der Waals surface area (Å²) in [5, 5.41) is 9.01. The third kappa shape index (κ3) is 5.47. The highest BCUT2D eigenvalue weighted by Gasteiger charge is 2.11. The van der Waals surface area contributed by atoms with E-state index >= 15 is 0 Å². The fourth-order valence-corrected chi connectivity index (χ4v) is 3.06. The molecule has 0 spiro atoms. The lowest BCUT2D eigenvalue weighted by Gasteiger charge is -2.13. The van der Waals surface area contributed by atoms with Gasteiger partial charge in [0, 0.05) is 29.0 Å². The largest absolute Gasteiger partial charge is 0.491 e. The summed E-state index contributed by atoms with van der Waals surface area (Å²) < 4.78 is 20.5.